The van der Waals surface area contributed by atoms with Gasteiger partial charge in [-0.1, -0.05) is 0 Å². The molecule has 0 spiro atoms. The maximum atomic E-state index is 12.6. The molecule has 2 fully saturated rings. The van der Waals surface area contributed by atoms with Gasteiger partial charge in [-0.15, -0.1) is 0 Å². The topological polar surface area (TPSA) is 61.9 Å². The quantitative estimate of drug-likeness (QED) is 0.745. The normalized spacial score (nSPS) is 29.7. The van der Waals surface area contributed by atoms with E-state index in [0.717, 1.165) is 32.4 Å². The van der Waals surface area contributed by atoms with Gasteiger partial charge >= 0.3 is 0 Å². The molecule has 2 rings (SSSR count). The Bertz CT molecular complexity index is 360. The van der Waals surface area contributed by atoms with Crippen LogP contribution in [0.25, 0.3) is 0 Å². The lowest BCUT2D eigenvalue weighted by molar-refractivity contribution is 0.180. The van der Waals surface area contributed by atoms with Crippen LogP contribution in [-0.4, -0.2) is 69.5 Å². The van der Waals surface area contributed by atoms with E-state index in [1.165, 1.54) is 4.31 Å². The molecule has 0 aromatic carbocycles. The van der Waals surface area contributed by atoms with Crippen LogP contribution < -0.4 is 5.32 Å². The third kappa shape index (κ3) is 2.70. The first-order chi connectivity index (χ1) is 8.57. The van der Waals surface area contributed by atoms with Crippen molar-refractivity contribution in [2.24, 2.45) is 0 Å². The third-order valence-corrected chi connectivity index (χ3v) is 5.96. The van der Waals surface area contributed by atoms with E-state index in [2.05, 4.69) is 5.32 Å². The summed E-state index contributed by atoms with van der Waals surface area (Å²) in [6.45, 7) is 2.52. The van der Waals surface area contributed by atoms with Crippen LogP contribution in [-0.2, 0) is 14.9 Å². The van der Waals surface area contributed by atoms with Gasteiger partial charge in [-0.2, -0.15) is 17.0 Å². The van der Waals surface area contributed by atoms with E-state index in [1.54, 1.807) is 18.5 Å². The Morgan fingerprint density at radius 3 is 2.78 bits per heavy atom. The summed E-state index contributed by atoms with van der Waals surface area (Å²) in [4.78, 5) is 0. The Morgan fingerprint density at radius 1 is 1.33 bits per heavy atom. The molecule has 7 heteroatoms. The van der Waals surface area contributed by atoms with Crippen molar-refractivity contribution in [1.82, 2.24) is 13.9 Å². The fourth-order valence-electron chi connectivity index (χ4n) is 2.81. The predicted molar refractivity (Wildman–Crippen MR) is 69.6 cm³/mol. The molecule has 0 radical (unpaired) electrons. The highest BCUT2D eigenvalue weighted by Gasteiger charge is 2.43. The molecule has 2 saturated heterocycles. The fourth-order valence-corrected chi connectivity index (χ4v) is 4.58. The molecule has 0 aliphatic carbocycles. The van der Waals surface area contributed by atoms with Crippen LogP contribution in [0.15, 0.2) is 0 Å². The Balaban J connectivity index is 2.13. The molecule has 2 heterocycles. The van der Waals surface area contributed by atoms with Gasteiger partial charge in [0.05, 0.1) is 6.61 Å². The number of likely N-dealkylation sites (N-methyl/N-ethyl adjacent to an activating group) is 1. The number of methoxy groups -OCH3 is 1. The number of hydrogen-bond donors (Lipinski definition) is 1. The lowest BCUT2D eigenvalue weighted by Gasteiger charge is -2.31. The average Bonchev–Trinajstić information content (AvgIpc) is 2.60. The van der Waals surface area contributed by atoms with Crippen molar-refractivity contribution in [3.8, 4) is 0 Å². The monoisotopic (exact) mass is 277 g/mol. The van der Waals surface area contributed by atoms with Crippen LogP contribution in [0.4, 0.5) is 0 Å². The summed E-state index contributed by atoms with van der Waals surface area (Å²) in [6.07, 6.45) is 2.87. The first kappa shape index (κ1) is 14.2. The van der Waals surface area contributed by atoms with Crippen molar-refractivity contribution >= 4 is 10.2 Å². The largest absolute Gasteiger partial charge is 0.383 e. The first-order valence-electron chi connectivity index (χ1n) is 6.52. The third-order valence-electron chi connectivity index (χ3n) is 3.86. The summed E-state index contributed by atoms with van der Waals surface area (Å²) in [5, 5.41) is 3.31. The van der Waals surface area contributed by atoms with Gasteiger partial charge in [0, 0.05) is 39.3 Å². The van der Waals surface area contributed by atoms with E-state index < -0.39 is 10.2 Å². The predicted octanol–water partition coefficient (Wildman–Crippen LogP) is -0.364. The van der Waals surface area contributed by atoms with Gasteiger partial charge < -0.3 is 10.1 Å². The number of nitrogens with zero attached hydrogens (tertiary/aromatic N) is 2. The van der Waals surface area contributed by atoms with Crippen molar-refractivity contribution in [3.05, 3.63) is 0 Å². The Kier molecular flexibility index (Phi) is 4.60. The SMILES string of the molecule is COCCN(C)S(=O)(=O)N1C2CCNCC1CC2. The Labute approximate surface area is 109 Å². The summed E-state index contributed by atoms with van der Waals surface area (Å²) < 4.78 is 33.2. The molecule has 2 aliphatic heterocycles. The van der Waals surface area contributed by atoms with Crippen LogP contribution in [0, 0.1) is 0 Å². The minimum atomic E-state index is -3.35. The Hall–Kier alpha value is -0.210. The molecule has 6 nitrogen and oxygen atoms in total. The number of fused-ring (bicyclic) bond motifs is 2. The molecule has 2 bridgehead atoms. The minimum Gasteiger partial charge on any atom is -0.383 e. The van der Waals surface area contributed by atoms with E-state index in [4.69, 9.17) is 4.74 Å². The summed E-state index contributed by atoms with van der Waals surface area (Å²) in [6, 6.07) is 0.285. The van der Waals surface area contributed by atoms with Gasteiger partial charge in [0.1, 0.15) is 0 Å². The van der Waals surface area contributed by atoms with E-state index in [0.29, 0.717) is 13.2 Å². The molecular weight excluding hydrogens is 254 g/mol. The smallest absolute Gasteiger partial charge is 0.282 e. The molecule has 1 N–H and O–H groups in total. The number of nitrogens with one attached hydrogen (secondary N) is 1. The van der Waals surface area contributed by atoms with Crippen molar-refractivity contribution in [3.63, 3.8) is 0 Å². The second-order valence-electron chi connectivity index (χ2n) is 5.03. The van der Waals surface area contributed by atoms with Gasteiger partial charge in [-0.25, -0.2) is 0 Å². The summed E-state index contributed by atoms with van der Waals surface area (Å²) in [5.74, 6) is 0. The molecule has 2 unspecified atom stereocenters. The second-order valence-corrected chi connectivity index (χ2v) is 6.97. The molecule has 106 valence electrons. The molecule has 0 saturated carbocycles. The standard InChI is InChI=1S/C11H23N3O3S/c1-13(7-8-17-2)18(15,16)14-10-3-4-11(14)9-12-6-5-10/h10-12H,3-9H2,1-2H3. The van der Waals surface area contributed by atoms with Crippen LogP contribution in [0.2, 0.25) is 0 Å². The van der Waals surface area contributed by atoms with E-state index in [-0.39, 0.29) is 12.1 Å². The van der Waals surface area contributed by atoms with Gasteiger partial charge in [-0.3, -0.25) is 0 Å². The van der Waals surface area contributed by atoms with E-state index in [1.807, 2.05) is 0 Å². The van der Waals surface area contributed by atoms with E-state index in [9.17, 15) is 8.42 Å². The maximum Gasteiger partial charge on any atom is 0.282 e. The van der Waals surface area contributed by atoms with Crippen LogP contribution in [0.1, 0.15) is 19.3 Å². The zero-order chi connectivity index (χ0) is 13.2. The Morgan fingerprint density at radius 2 is 2.06 bits per heavy atom. The number of rotatable bonds is 5. The summed E-state index contributed by atoms with van der Waals surface area (Å²) in [7, 11) is -0.132. The molecular formula is C11H23N3O3S. The lowest BCUT2D eigenvalue weighted by Crippen LogP contribution is -2.49. The highest BCUT2D eigenvalue weighted by atomic mass is 32.2. The van der Waals surface area contributed by atoms with Gasteiger partial charge in [-0.05, 0) is 25.8 Å². The second kappa shape index (κ2) is 5.83. The average molecular weight is 277 g/mol. The number of ether oxygens (including phenoxy) is 1. The maximum absolute atomic E-state index is 12.6. The van der Waals surface area contributed by atoms with Crippen LogP contribution in [0.5, 0.6) is 0 Å². The molecule has 18 heavy (non-hydrogen) atoms. The zero-order valence-corrected chi connectivity index (χ0v) is 11.9. The van der Waals surface area contributed by atoms with Crippen molar-refractivity contribution < 1.29 is 13.2 Å². The van der Waals surface area contributed by atoms with Crippen molar-refractivity contribution in [2.75, 3.05) is 40.4 Å². The molecule has 0 aromatic heterocycles. The minimum absolute atomic E-state index is 0.118. The van der Waals surface area contributed by atoms with Gasteiger partial charge in [0.15, 0.2) is 0 Å². The lowest BCUT2D eigenvalue weighted by atomic mass is 10.1. The van der Waals surface area contributed by atoms with E-state index >= 15 is 0 Å². The van der Waals surface area contributed by atoms with Crippen LogP contribution >= 0.6 is 0 Å². The molecule has 2 atom stereocenters. The van der Waals surface area contributed by atoms with Gasteiger partial charge in [0.25, 0.3) is 10.2 Å². The van der Waals surface area contributed by atoms with Crippen molar-refractivity contribution in [2.45, 2.75) is 31.3 Å². The van der Waals surface area contributed by atoms with Gasteiger partial charge in [0.2, 0.25) is 0 Å². The molecule has 0 aromatic rings. The molecule has 0 amide bonds. The zero-order valence-electron chi connectivity index (χ0n) is 11.1. The highest BCUT2D eigenvalue weighted by Crippen LogP contribution is 2.31. The summed E-state index contributed by atoms with van der Waals surface area (Å²) in [5.41, 5.74) is 0. The summed E-state index contributed by atoms with van der Waals surface area (Å²) >= 11 is 0. The fraction of sp³-hybridized carbons (Fsp3) is 1.00. The van der Waals surface area contributed by atoms with Crippen molar-refractivity contribution in [1.29, 1.82) is 0 Å². The molecule has 2 aliphatic rings. The van der Waals surface area contributed by atoms with Crippen LogP contribution in [0.3, 0.4) is 0 Å². The first-order valence-corrected chi connectivity index (χ1v) is 7.91. The highest BCUT2D eigenvalue weighted by molar-refractivity contribution is 7.86. The number of hydrogen-bond acceptors (Lipinski definition) is 4.